The lowest BCUT2D eigenvalue weighted by molar-refractivity contribution is 0.0695. The highest BCUT2D eigenvalue weighted by molar-refractivity contribution is 6.05. The number of hydrogen-bond donors (Lipinski definition) is 2. The molecular weight excluding hydrogens is 306 g/mol. The Morgan fingerprint density at radius 1 is 1.12 bits per heavy atom. The third-order valence-electron chi connectivity index (χ3n) is 3.70. The van der Waals surface area contributed by atoms with E-state index in [0.717, 1.165) is 18.6 Å². The third kappa shape index (κ3) is 4.35. The zero-order valence-corrected chi connectivity index (χ0v) is 13.8. The van der Waals surface area contributed by atoms with E-state index in [0.29, 0.717) is 23.4 Å². The molecule has 5 heteroatoms. The van der Waals surface area contributed by atoms with Gasteiger partial charge in [0.05, 0.1) is 12.2 Å². The highest BCUT2D eigenvalue weighted by Gasteiger charge is 2.13. The SMILES string of the molecule is CCCCOc1ccc(C(=O)Nc2cccc(C(=O)O)c2C)cc1. The molecule has 2 rings (SSSR count). The number of carboxylic acid groups (broad SMARTS) is 1. The number of carbonyl (C=O) groups is 2. The predicted molar refractivity (Wildman–Crippen MR) is 92.9 cm³/mol. The number of rotatable bonds is 7. The first-order valence-corrected chi connectivity index (χ1v) is 7.90. The lowest BCUT2D eigenvalue weighted by Crippen LogP contribution is -2.14. The molecule has 0 aromatic heterocycles. The Kier molecular flexibility index (Phi) is 5.95. The number of carboxylic acids is 1. The zero-order valence-electron chi connectivity index (χ0n) is 13.8. The maximum atomic E-state index is 12.3. The Hall–Kier alpha value is -2.82. The van der Waals surface area contributed by atoms with Gasteiger partial charge in [-0.25, -0.2) is 4.79 Å². The maximum absolute atomic E-state index is 12.3. The summed E-state index contributed by atoms with van der Waals surface area (Å²) < 4.78 is 5.56. The van der Waals surface area contributed by atoms with E-state index in [1.165, 1.54) is 6.07 Å². The highest BCUT2D eigenvalue weighted by Crippen LogP contribution is 2.20. The number of amides is 1. The number of unbranched alkanes of at least 4 members (excludes halogenated alkanes) is 1. The molecular formula is C19H21NO4. The maximum Gasteiger partial charge on any atom is 0.336 e. The van der Waals surface area contributed by atoms with Crippen molar-refractivity contribution in [3.05, 3.63) is 59.2 Å². The molecule has 126 valence electrons. The van der Waals surface area contributed by atoms with E-state index >= 15 is 0 Å². The van der Waals surface area contributed by atoms with Crippen molar-refractivity contribution in [3.63, 3.8) is 0 Å². The van der Waals surface area contributed by atoms with Crippen molar-refractivity contribution in [2.45, 2.75) is 26.7 Å². The van der Waals surface area contributed by atoms with E-state index in [1.807, 2.05) is 0 Å². The van der Waals surface area contributed by atoms with E-state index in [4.69, 9.17) is 9.84 Å². The van der Waals surface area contributed by atoms with E-state index in [1.54, 1.807) is 43.3 Å². The van der Waals surface area contributed by atoms with Crippen LogP contribution in [0.1, 0.15) is 46.0 Å². The summed E-state index contributed by atoms with van der Waals surface area (Å²) in [5.41, 5.74) is 1.67. The summed E-state index contributed by atoms with van der Waals surface area (Å²) in [4.78, 5) is 23.5. The zero-order chi connectivity index (χ0) is 17.5. The average molecular weight is 327 g/mol. The van der Waals surface area contributed by atoms with Crippen molar-refractivity contribution in [1.29, 1.82) is 0 Å². The summed E-state index contributed by atoms with van der Waals surface area (Å²) in [6, 6.07) is 11.7. The smallest absolute Gasteiger partial charge is 0.336 e. The lowest BCUT2D eigenvalue weighted by Gasteiger charge is -2.11. The molecule has 2 aromatic carbocycles. The number of nitrogens with one attached hydrogen (secondary N) is 1. The first kappa shape index (κ1) is 17.5. The van der Waals surface area contributed by atoms with Crippen molar-refractivity contribution in [1.82, 2.24) is 0 Å². The standard InChI is InChI=1S/C19H21NO4/c1-3-4-12-24-15-10-8-14(9-11-15)18(21)20-17-7-5-6-16(13(17)2)19(22)23/h5-11H,3-4,12H2,1-2H3,(H,20,21)(H,22,23). The van der Waals surface area contributed by atoms with Gasteiger partial charge in [0.1, 0.15) is 5.75 Å². The van der Waals surface area contributed by atoms with E-state index < -0.39 is 5.97 Å². The van der Waals surface area contributed by atoms with Crippen molar-refractivity contribution >= 4 is 17.6 Å². The Labute approximate surface area is 141 Å². The van der Waals surface area contributed by atoms with Gasteiger partial charge in [-0.1, -0.05) is 19.4 Å². The molecule has 24 heavy (non-hydrogen) atoms. The molecule has 0 saturated heterocycles. The summed E-state index contributed by atoms with van der Waals surface area (Å²) in [6.45, 7) is 4.42. The molecule has 0 aliphatic carbocycles. The van der Waals surface area contributed by atoms with Crippen LogP contribution in [0.2, 0.25) is 0 Å². The van der Waals surface area contributed by atoms with Crippen LogP contribution in [0.5, 0.6) is 5.75 Å². The minimum Gasteiger partial charge on any atom is -0.494 e. The topological polar surface area (TPSA) is 75.6 Å². The van der Waals surface area contributed by atoms with Crippen molar-refractivity contribution in [3.8, 4) is 5.75 Å². The molecule has 0 heterocycles. The molecule has 0 aliphatic heterocycles. The molecule has 0 unspecified atom stereocenters. The second-order valence-corrected chi connectivity index (χ2v) is 5.46. The summed E-state index contributed by atoms with van der Waals surface area (Å²) in [5, 5.41) is 11.9. The van der Waals surface area contributed by atoms with Gasteiger partial charge in [-0.05, 0) is 55.3 Å². The van der Waals surface area contributed by atoms with Crippen molar-refractivity contribution in [2.75, 3.05) is 11.9 Å². The van der Waals surface area contributed by atoms with E-state index in [9.17, 15) is 9.59 Å². The summed E-state index contributed by atoms with van der Waals surface area (Å²) >= 11 is 0. The monoisotopic (exact) mass is 327 g/mol. The largest absolute Gasteiger partial charge is 0.494 e. The molecule has 0 fully saturated rings. The van der Waals surface area contributed by atoms with Gasteiger partial charge < -0.3 is 15.2 Å². The molecule has 2 aromatic rings. The van der Waals surface area contributed by atoms with Crippen LogP contribution >= 0.6 is 0 Å². The second kappa shape index (κ2) is 8.15. The lowest BCUT2D eigenvalue weighted by atomic mass is 10.1. The van der Waals surface area contributed by atoms with Gasteiger partial charge in [-0.2, -0.15) is 0 Å². The minimum atomic E-state index is -1.02. The number of hydrogen-bond acceptors (Lipinski definition) is 3. The molecule has 0 radical (unpaired) electrons. The fraction of sp³-hybridized carbons (Fsp3) is 0.263. The summed E-state index contributed by atoms with van der Waals surface area (Å²) in [5.74, 6) is -0.581. The number of benzene rings is 2. The Balaban J connectivity index is 2.07. The van der Waals surface area contributed by atoms with Crippen LogP contribution < -0.4 is 10.1 Å². The first-order valence-electron chi connectivity index (χ1n) is 7.90. The van der Waals surface area contributed by atoms with Crippen LogP contribution in [0.15, 0.2) is 42.5 Å². The van der Waals surface area contributed by atoms with Crippen LogP contribution in [-0.2, 0) is 0 Å². The highest BCUT2D eigenvalue weighted by atomic mass is 16.5. The van der Waals surface area contributed by atoms with Gasteiger partial charge in [0, 0.05) is 11.3 Å². The molecule has 0 saturated carbocycles. The Bertz CT molecular complexity index is 723. The number of aromatic carboxylic acids is 1. The van der Waals surface area contributed by atoms with Crippen molar-refractivity contribution in [2.24, 2.45) is 0 Å². The molecule has 2 N–H and O–H groups in total. The Morgan fingerprint density at radius 3 is 2.46 bits per heavy atom. The minimum absolute atomic E-state index is 0.174. The van der Waals surface area contributed by atoms with Gasteiger partial charge in [0.2, 0.25) is 0 Å². The van der Waals surface area contributed by atoms with Gasteiger partial charge in [-0.3, -0.25) is 4.79 Å². The molecule has 0 atom stereocenters. The predicted octanol–water partition coefficient (Wildman–Crippen LogP) is 4.12. The second-order valence-electron chi connectivity index (χ2n) is 5.46. The van der Waals surface area contributed by atoms with Crippen LogP contribution in [0.3, 0.4) is 0 Å². The summed E-state index contributed by atoms with van der Waals surface area (Å²) in [6.07, 6.45) is 2.05. The van der Waals surface area contributed by atoms with Crippen LogP contribution in [0.4, 0.5) is 5.69 Å². The fourth-order valence-corrected chi connectivity index (χ4v) is 2.23. The quantitative estimate of drug-likeness (QED) is 0.750. The van der Waals surface area contributed by atoms with Gasteiger partial charge in [0.15, 0.2) is 0 Å². The van der Waals surface area contributed by atoms with Crippen molar-refractivity contribution < 1.29 is 19.4 Å². The first-order chi connectivity index (χ1) is 11.5. The average Bonchev–Trinajstić information content (AvgIpc) is 2.57. The fourth-order valence-electron chi connectivity index (χ4n) is 2.23. The van der Waals surface area contributed by atoms with Gasteiger partial charge in [0.25, 0.3) is 5.91 Å². The van der Waals surface area contributed by atoms with Gasteiger partial charge in [-0.15, -0.1) is 0 Å². The van der Waals surface area contributed by atoms with Gasteiger partial charge >= 0.3 is 5.97 Å². The van der Waals surface area contributed by atoms with E-state index in [2.05, 4.69) is 12.2 Å². The molecule has 1 amide bonds. The number of anilines is 1. The summed E-state index contributed by atoms with van der Waals surface area (Å²) in [7, 11) is 0. The van der Waals surface area contributed by atoms with Crippen LogP contribution in [0, 0.1) is 6.92 Å². The molecule has 0 spiro atoms. The van der Waals surface area contributed by atoms with Crippen LogP contribution in [0.25, 0.3) is 0 Å². The molecule has 5 nitrogen and oxygen atoms in total. The third-order valence-corrected chi connectivity index (χ3v) is 3.70. The Morgan fingerprint density at radius 2 is 1.83 bits per heavy atom. The normalized spacial score (nSPS) is 10.2. The van der Waals surface area contributed by atoms with E-state index in [-0.39, 0.29) is 11.5 Å². The molecule has 0 aliphatic rings. The van der Waals surface area contributed by atoms with Crippen LogP contribution in [-0.4, -0.2) is 23.6 Å². The number of carbonyl (C=O) groups excluding carboxylic acids is 1. The number of ether oxygens (including phenoxy) is 1. The molecule has 0 bridgehead atoms.